The van der Waals surface area contributed by atoms with Gasteiger partial charge in [0.25, 0.3) is 5.56 Å². The zero-order valence-electron chi connectivity index (χ0n) is 10.7. The van der Waals surface area contributed by atoms with Crippen molar-refractivity contribution in [3.8, 4) is 0 Å². The van der Waals surface area contributed by atoms with Crippen molar-refractivity contribution in [3.63, 3.8) is 0 Å². The van der Waals surface area contributed by atoms with E-state index in [0.29, 0.717) is 18.2 Å². The molecule has 17 heavy (non-hydrogen) atoms. The van der Waals surface area contributed by atoms with Crippen LogP contribution < -0.4 is 10.5 Å². The molecule has 0 amide bonds. The van der Waals surface area contributed by atoms with Crippen molar-refractivity contribution < 1.29 is 0 Å². The summed E-state index contributed by atoms with van der Waals surface area (Å²) in [6, 6.07) is 0.242. The van der Waals surface area contributed by atoms with E-state index in [4.69, 9.17) is 11.6 Å². The maximum atomic E-state index is 12.1. The van der Waals surface area contributed by atoms with Crippen LogP contribution in [0.3, 0.4) is 0 Å². The number of nitrogens with zero attached hydrogens (tertiary/aromatic N) is 3. The van der Waals surface area contributed by atoms with Crippen LogP contribution in [0.5, 0.6) is 0 Å². The Labute approximate surface area is 107 Å². The molecule has 1 heterocycles. The van der Waals surface area contributed by atoms with Gasteiger partial charge in [0.05, 0.1) is 0 Å². The summed E-state index contributed by atoms with van der Waals surface area (Å²) in [5.41, 5.74) is -0.0294. The van der Waals surface area contributed by atoms with E-state index in [1.807, 2.05) is 11.8 Å². The van der Waals surface area contributed by atoms with Crippen molar-refractivity contribution in [2.45, 2.75) is 39.8 Å². The molecule has 0 bridgehead atoms. The molecule has 0 aromatic carbocycles. The number of hydrogen-bond donors (Lipinski definition) is 0. The fourth-order valence-corrected chi connectivity index (χ4v) is 1.84. The van der Waals surface area contributed by atoms with Gasteiger partial charge in [-0.05, 0) is 27.2 Å². The Kier molecular flexibility index (Phi) is 5.48. The van der Waals surface area contributed by atoms with Crippen LogP contribution in [0.25, 0.3) is 0 Å². The summed E-state index contributed by atoms with van der Waals surface area (Å²) in [4.78, 5) is 18.4. The van der Waals surface area contributed by atoms with Crippen molar-refractivity contribution >= 4 is 17.4 Å². The maximum Gasteiger partial charge on any atom is 0.293 e. The third-order valence-electron chi connectivity index (χ3n) is 2.66. The Balaban J connectivity index is 3.05. The molecule has 0 radical (unpaired) electrons. The first-order chi connectivity index (χ1) is 8.11. The predicted octanol–water partition coefficient (Wildman–Crippen LogP) is 2.11. The minimum atomic E-state index is -0.0294. The molecule has 5 heteroatoms. The molecule has 0 saturated carbocycles. The smallest absolute Gasteiger partial charge is 0.293 e. The van der Waals surface area contributed by atoms with E-state index < -0.39 is 0 Å². The fourth-order valence-electron chi connectivity index (χ4n) is 1.72. The van der Waals surface area contributed by atoms with Crippen molar-refractivity contribution in [2.24, 2.45) is 0 Å². The van der Waals surface area contributed by atoms with E-state index in [1.165, 1.54) is 0 Å². The molecule has 1 aromatic heterocycles. The number of anilines is 1. The summed E-state index contributed by atoms with van der Waals surface area (Å²) in [5, 5.41) is 0. The molecule has 0 aliphatic carbocycles. The average Bonchev–Trinajstić information content (AvgIpc) is 2.31. The van der Waals surface area contributed by atoms with Gasteiger partial charge in [0, 0.05) is 37.4 Å². The highest BCUT2D eigenvalue weighted by molar-refractivity contribution is 6.17. The molecule has 1 aromatic rings. The third kappa shape index (κ3) is 3.46. The molecule has 0 spiro atoms. The second-order valence-corrected chi connectivity index (χ2v) is 4.55. The van der Waals surface area contributed by atoms with E-state index in [9.17, 15) is 4.79 Å². The predicted molar refractivity (Wildman–Crippen MR) is 72.0 cm³/mol. The largest absolute Gasteiger partial charge is 0.350 e. The molecule has 4 nitrogen and oxygen atoms in total. The molecular weight excluding hydrogens is 238 g/mol. The van der Waals surface area contributed by atoms with Gasteiger partial charge in [-0.2, -0.15) is 0 Å². The summed E-state index contributed by atoms with van der Waals surface area (Å²) >= 11 is 5.71. The van der Waals surface area contributed by atoms with Gasteiger partial charge >= 0.3 is 0 Å². The van der Waals surface area contributed by atoms with Crippen molar-refractivity contribution in [2.75, 3.05) is 17.3 Å². The second-order valence-electron chi connectivity index (χ2n) is 4.17. The molecule has 0 saturated heterocycles. The lowest BCUT2D eigenvalue weighted by Gasteiger charge is -2.27. The Morgan fingerprint density at radius 2 is 2.24 bits per heavy atom. The highest BCUT2D eigenvalue weighted by Crippen LogP contribution is 2.09. The number of hydrogen-bond acceptors (Lipinski definition) is 3. The van der Waals surface area contributed by atoms with E-state index in [-0.39, 0.29) is 11.6 Å². The molecule has 0 aliphatic heterocycles. The van der Waals surface area contributed by atoms with Crippen LogP contribution in [-0.2, 0) is 6.54 Å². The number of alkyl halides is 1. The molecular formula is C12H20ClN3O. The van der Waals surface area contributed by atoms with Gasteiger partial charge in [0.1, 0.15) is 0 Å². The summed E-state index contributed by atoms with van der Waals surface area (Å²) in [6.45, 7) is 7.48. The standard InChI is InChI=1S/C12H20ClN3O/c1-4-15-9-7-14-11(12(15)17)16(10(2)3)8-5-6-13/h7,9-10H,4-6,8H2,1-3H3. The van der Waals surface area contributed by atoms with Gasteiger partial charge in [0.2, 0.25) is 0 Å². The zero-order valence-corrected chi connectivity index (χ0v) is 11.4. The average molecular weight is 258 g/mol. The first-order valence-electron chi connectivity index (χ1n) is 5.99. The topological polar surface area (TPSA) is 38.1 Å². The molecule has 0 atom stereocenters. The monoisotopic (exact) mass is 257 g/mol. The SMILES string of the molecule is CCn1ccnc(N(CCCCl)C(C)C)c1=O. The number of rotatable bonds is 6. The number of halogens is 1. The van der Waals surface area contributed by atoms with Gasteiger partial charge in [-0.3, -0.25) is 4.79 Å². The zero-order chi connectivity index (χ0) is 12.8. The first-order valence-corrected chi connectivity index (χ1v) is 6.53. The second kappa shape index (κ2) is 6.64. The van der Waals surface area contributed by atoms with Crippen molar-refractivity contribution in [1.82, 2.24) is 9.55 Å². The number of aromatic nitrogens is 2. The fraction of sp³-hybridized carbons (Fsp3) is 0.667. The Morgan fingerprint density at radius 3 is 2.76 bits per heavy atom. The van der Waals surface area contributed by atoms with Crippen molar-refractivity contribution in [3.05, 3.63) is 22.7 Å². The first kappa shape index (κ1) is 14.0. The lowest BCUT2D eigenvalue weighted by molar-refractivity contribution is 0.640. The summed E-state index contributed by atoms with van der Waals surface area (Å²) in [5.74, 6) is 1.12. The maximum absolute atomic E-state index is 12.1. The van der Waals surface area contributed by atoms with Crippen LogP contribution in [0.2, 0.25) is 0 Å². The Hall–Kier alpha value is -1.03. The van der Waals surface area contributed by atoms with E-state index >= 15 is 0 Å². The molecule has 0 fully saturated rings. The van der Waals surface area contributed by atoms with Crippen LogP contribution in [0.4, 0.5) is 5.82 Å². The van der Waals surface area contributed by atoms with E-state index in [0.717, 1.165) is 13.0 Å². The lowest BCUT2D eigenvalue weighted by Crippen LogP contribution is -2.38. The minimum absolute atomic E-state index is 0.0294. The van der Waals surface area contributed by atoms with Crippen LogP contribution in [0.1, 0.15) is 27.2 Å². The highest BCUT2D eigenvalue weighted by Gasteiger charge is 2.15. The molecule has 0 unspecified atom stereocenters. The molecule has 0 N–H and O–H groups in total. The normalized spacial score (nSPS) is 10.9. The summed E-state index contributed by atoms with van der Waals surface area (Å²) < 4.78 is 1.67. The number of aryl methyl sites for hydroxylation is 1. The van der Waals surface area contributed by atoms with E-state index in [2.05, 4.69) is 18.8 Å². The van der Waals surface area contributed by atoms with Gasteiger partial charge in [-0.15, -0.1) is 11.6 Å². The van der Waals surface area contributed by atoms with Crippen LogP contribution in [0.15, 0.2) is 17.2 Å². The summed E-state index contributed by atoms with van der Waals surface area (Å²) in [7, 11) is 0. The van der Waals surface area contributed by atoms with Gasteiger partial charge < -0.3 is 9.47 Å². The quantitative estimate of drug-likeness (QED) is 0.733. The Morgan fingerprint density at radius 1 is 1.53 bits per heavy atom. The van der Waals surface area contributed by atoms with Crippen molar-refractivity contribution in [1.29, 1.82) is 0 Å². The van der Waals surface area contributed by atoms with Gasteiger partial charge in [-0.25, -0.2) is 4.98 Å². The third-order valence-corrected chi connectivity index (χ3v) is 2.93. The van der Waals surface area contributed by atoms with Gasteiger partial charge in [0.15, 0.2) is 5.82 Å². The van der Waals surface area contributed by atoms with E-state index in [1.54, 1.807) is 17.0 Å². The highest BCUT2D eigenvalue weighted by atomic mass is 35.5. The molecule has 0 aliphatic rings. The minimum Gasteiger partial charge on any atom is -0.350 e. The van der Waals surface area contributed by atoms with Gasteiger partial charge in [-0.1, -0.05) is 0 Å². The van der Waals surface area contributed by atoms with Crippen LogP contribution >= 0.6 is 11.6 Å². The lowest BCUT2D eigenvalue weighted by atomic mass is 10.3. The molecule has 96 valence electrons. The summed E-state index contributed by atoms with van der Waals surface area (Å²) in [6.07, 6.45) is 4.24. The van der Waals surface area contributed by atoms with Crippen LogP contribution in [-0.4, -0.2) is 28.0 Å². The van der Waals surface area contributed by atoms with Crippen LogP contribution in [0, 0.1) is 0 Å². The molecule has 1 rings (SSSR count). The Bertz CT molecular complexity index is 403.